The minimum absolute atomic E-state index is 0.0256. The predicted molar refractivity (Wildman–Crippen MR) is 87.6 cm³/mol. The Morgan fingerprint density at radius 3 is 2.79 bits per heavy atom. The first kappa shape index (κ1) is 16.6. The molecule has 1 fully saturated rings. The molecule has 0 bridgehead atoms. The first-order valence-corrected chi connectivity index (χ1v) is 8.47. The van der Waals surface area contributed by atoms with E-state index in [-0.39, 0.29) is 11.9 Å². The van der Waals surface area contributed by atoms with Crippen molar-refractivity contribution in [1.29, 1.82) is 0 Å². The summed E-state index contributed by atoms with van der Waals surface area (Å²) in [5.74, 6) is -1.26. The molecule has 24 heavy (non-hydrogen) atoms. The molecule has 3 rings (SSSR count). The molecule has 1 aliphatic heterocycles. The highest BCUT2D eigenvalue weighted by atomic mass is 32.1. The van der Waals surface area contributed by atoms with Gasteiger partial charge in [0.1, 0.15) is 6.26 Å². The van der Waals surface area contributed by atoms with Crippen LogP contribution in [0.3, 0.4) is 0 Å². The van der Waals surface area contributed by atoms with Crippen LogP contribution in [0.2, 0.25) is 0 Å². The van der Waals surface area contributed by atoms with E-state index in [2.05, 4.69) is 25.2 Å². The molecule has 0 aliphatic carbocycles. The van der Waals surface area contributed by atoms with Crippen LogP contribution in [0.1, 0.15) is 10.9 Å². The van der Waals surface area contributed by atoms with Gasteiger partial charge in [0.15, 0.2) is 5.82 Å². The van der Waals surface area contributed by atoms with Crippen molar-refractivity contribution in [2.45, 2.75) is 6.04 Å². The second-order valence-electron chi connectivity index (χ2n) is 5.23. The van der Waals surface area contributed by atoms with Crippen molar-refractivity contribution in [3.63, 3.8) is 0 Å². The van der Waals surface area contributed by atoms with Gasteiger partial charge in [-0.05, 0) is 11.4 Å². The maximum absolute atomic E-state index is 12.0. The highest BCUT2D eigenvalue weighted by molar-refractivity contribution is 7.10. The summed E-state index contributed by atoms with van der Waals surface area (Å²) in [4.78, 5) is 27.3. The lowest BCUT2D eigenvalue weighted by molar-refractivity contribution is -0.136. The summed E-state index contributed by atoms with van der Waals surface area (Å²) in [6.07, 6.45) is 1.32. The summed E-state index contributed by atoms with van der Waals surface area (Å²) in [6, 6.07) is 5.50. The number of anilines is 1. The summed E-state index contributed by atoms with van der Waals surface area (Å²) >= 11 is 1.63. The van der Waals surface area contributed by atoms with E-state index in [1.54, 1.807) is 11.3 Å². The number of nitrogens with zero attached hydrogens (tertiary/aromatic N) is 2. The summed E-state index contributed by atoms with van der Waals surface area (Å²) in [5, 5.41) is 10.6. The van der Waals surface area contributed by atoms with Gasteiger partial charge in [0.2, 0.25) is 0 Å². The first-order chi connectivity index (χ1) is 11.7. The minimum atomic E-state index is -0.768. The Bertz CT molecular complexity index is 653. The van der Waals surface area contributed by atoms with E-state index >= 15 is 0 Å². The molecule has 1 aliphatic rings. The lowest BCUT2D eigenvalue weighted by Gasteiger charge is -2.34. The van der Waals surface area contributed by atoms with Crippen LogP contribution in [0.4, 0.5) is 5.82 Å². The quantitative estimate of drug-likeness (QED) is 0.777. The number of hydrogen-bond donors (Lipinski definition) is 2. The fourth-order valence-corrected chi connectivity index (χ4v) is 3.36. The molecular formula is C15H18N4O4S. The Kier molecular flexibility index (Phi) is 5.57. The molecule has 8 nitrogen and oxygen atoms in total. The molecule has 2 aromatic heterocycles. The fraction of sp³-hybridized carbons (Fsp3) is 0.400. The van der Waals surface area contributed by atoms with Crippen molar-refractivity contribution in [2.75, 3.05) is 38.2 Å². The van der Waals surface area contributed by atoms with Crippen molar-refractivity contribution in [2.24, 2.45) is 0 Å². The summed E-state index contributed by atoms with van der Waals surface area (Å²) in [5.41, 5.74) is 0. The molecule has 0 unspecified atom stereocenters. The molecule has 0 saturated carbocycles. The molecule has 0 spiro atoms. The van der Waals surface area contributed by atoms with Crippen molar-refractivity contribution in [1.82, 2.24) is 15.4 Å². The monoisotopic (exact) mass is 350 g/mol. The Labute approximate surface area is 142 Å². The van der Waals surface area contributed by atoms with E-state index in [1.165, 1.54) is 12.3 Å². The molecule has 0 radical (unpaired) electrons. The molecule has 9 heteroatoms. The third kappa shape index (κ3) is 4.19. The molecule has 1 saturated heterocycles. The van der Waals surface area contributed by atoms with Gasteiger partial charge in [-0.2, -0.15) is 0 Å². The predicted octanol–water partition coefficient (Wildman–Crippen LogP) is 0.864. The van der Waals surface area contributed by atoms with Crippen molar-refractivity contribution in [3.05, 3.63) is 34.7 Å². The zero-order valence-corrected chi connectivity index (χ0v) is 13.8. The Hall–Kier alpha value is -2.23. The lowest BCUT2D eigenvalue weighted by Crippen LogP contribution is -2.45. The minimum Gasteiger partial charge on any atom is -0.379 e. The highest BCUT2D eigenvalue weighted by Crippen LogP contribution is 2.25. The number of hydrogen-bond acceptors (Lipinski definition) is 7. The normalized spacial score (nSPS) is 16.5. The summed E-state index contributed by atoms with van der Waals surface area (Å²) in [7, 11) is 0. The molecular weight excluding hydrogens is 332 g/mol. The third-order valence-electron chi connectivity index (χ3n) is 3.70. The number of rotatable bonds is 5. The number of amides is 2. The molecule has 3 heterocycles. The smallest absolute Gasteiger partial charge is 0.314 e. The largest absolute Gasteiger partial charge is 0.379 e. The molecule has 2 aromatic rings. The van der Waals surface area contributed by atoms with E-state index in [1.807, 2.05) is 17.5 Å². The van der Waals surface area contributed by atoms with E-state index in [9.17, 15) is 9.59 Å². The summed E-state index contributed by atoms with van der Waals surface area (Å²) in [6.45, 7) is 3.28. The van der Waals surface area contributed by atoms with Crippen molar-refractivity contribution in [3.8, 4) is 0 Å². The van der Waals surface area contributed by atoms with Gasteiger partial charge in [0, 0.05) is 30.6 Å². The van der Waals surface area contributed by atoms with Crippen molar-refractivity contribution >= 4 is 29.0 Å². The number of nitrogens with one attached hydrogen (secondary N) is 2. The van der Waals surface area contributed by atoms with Gasteiger partial charge in [-0.3, -0.25) is 19.8 Å². The van der Waals surface area contributed by atoms with Crippen molar-refractivity contribution < 1.29 is 18.8 Å². The van der Waals surface area contributed by atoms with Crippen LogP contribution >= 0.6 is 11.3 Å². The maximum atomic E-state index is 12.0. The standard InChI is InChI=1S/C15H18N4O4S/c20-14(15(21)17-13-3-6-23-18-13)16-10-11(12-2-1-9-24-12)19-4-7-22-8-5-19/h1-3,6,9,11H,4-5,7-8,10H2,(H,16,20)(H,17,18,21)/t11-/m0/s1. The van der Waals surface area contributed by atoms with Crippen LogP contribution in [0.15, 0.2) is 34.4 Å². The molecule has 2 N–H and O–H groups in total. The van der Waals surface area contributed by atoms with Gasteiger partial charge in [0.25, 0.3) is 0 Å². The number of morpholine rings is 1. The summed E-state index contributed by atoms with van der Waals surface area (Å²) < 4.78 is 9.99. The Balaban J connectivity index is 1.58. The number of ether oxygens (including phenoxy) is 1. The number of carbonyl (C=O) groups excluding carboxylic acids is 2. The Morgan fingerprint density at radius 1 is 1.29 bits per heavy atom. The highest BCUT2D eigenvalue weighted by Gasteiger charge is 2.25. The van der Waals surface area contributed by atoms with Crippen LogP contribution in [-0.4, -0.2) is 54.7 Å². The van der Waals surface area contributed by atoms with E-state index < -0.39 is 11.8 Å². The number of thiophene rings is 1. The van der Waals surface area contributed by atoms with Gasteiger partial charge < -0.3 is 14.6 Å². The van der Waals surface area contributed by atoms with E-state index in [0.717, 1.165) is 18.0 Å². The van der Waals surface area contributed by atoms with Gasteiger partial charge >= 0.3 is 11.8 Å². The van der Waals surface area contributed by atoms with Crippen LogP contribution in [-0.2, 0) is 14.3 Å². The van der Waals surface area contributed by atoms with E-state index in [4.69, 9.17) is 4.74 Å². The SMILES string of the molecule is O=C(NC[C@@H](c1cccs1)N1CCOCC1)C(=O)Nc1ccon1. The van der Waals surface area contributed by atoms with Gasteiger partial charge in [-0.25, -0.2) is 0 Å². The topological polar surface area (TPSA) is 96.7 Å². The molecule has 2 amide bonds. The lowest BCUT2D eigenvalue weighted by atomic mass is 10.2. The molecule has 128 valence electrons. The third-order valence-corrected chi connectivity index (χ3v) is 4.67. The fourth-order valence-electron chi connectivity index (χ4n) is 2.50. The van der Waals surface area contributed by atoms with E-state index in [0.29, 0.717) is 19.8 Å². The molecule has 1 atom stereocenters. The molecule has 0 aromatic carbocycles. The number of aromatic nitrogens is 1. The average molecular weight is 350 g/mol. The zero-order chi connectivity index (χ0) is 16.8. The second kappa shape index (κ2) is 8.04. The van der Waals surface area contributed by atoms with Crippen LogP contribution < -0.4 is 10.6 Å². The van der Waals surface area contributed by atoms with Gasteiger partial charge in [-0.15, -0.1) is 11.3 Å². The van der Waals surface area contributed by atoms with Crippen LogP contribution in [0.5, 0.6) is 0 Å². The Morgan fingerprint density at radius 2 is 2.12 bits per heavy atom. The van der Waals surface area contributed by atoms with Crippen LogP contribution in [0, 0.1) is 0 Å². The first-order valence-electron chi connectivity index (χ1n) is 7.59. The van der Waals surface area contributed by atoms with Gasteiger partial charge in [-0.1, -0.05) is 11.2 Å². The van der Waals surface area contributed by atoms with Gasteiger partial charge in [0.05, 0.1) is 19.3 Å². The average Bonchev–Trinajstić information content (AvgIpc) is 3.30. The second-order valence-corrected chi connectivity index (χ2v) is 6.21. The number of carbonyl (C=O) groups is 2. The zero-order valence-electron chi connectivity index (χ0n) is 12.9. The maximum Gasteiger partial charge on any atom is 0.314 e. The van der Waals surface area contributed by atoms with Crippen LogP contribution in [0.25, 0.3) is 0 Å².